The third-order valence-electron chi connectivity index (χ3n) is 5.35. The Morgan fingerprint density at radius 1 is 1.08 bits per heavy atom. The Balaban J connectivity index is 1.74. The van der Waals surface area contributed by atoms with Gasteiger partial charge in [-0.2, -0.15) is 0 Å². The van der Waals surface area contributed by atoms with Gasteiger partial charge in [-0.15, -0.1) is 0 Å². The highest BCUT2D eigenvalue weighted by Gasteiger charge is 2.26. The maximum absolute atomic E-state index is 12.3. The Bertz CT molecular complexity index is 569. The van der Waals surface area contributed by atoms with Crippen LogP contribution in [0.2, 0.25) is 0 Å². The number of hydrogen-bond acceptors (Lipinski definition) is 2. The molecule has 0 heterocycles. The lowest BCUT2D eigenvalue weighted by Gasteiger charge is -2.27. The molecular weight excluding hydrogens is 312 g/mol. The number of nitrogens with one attached hydrogen (secondary N) is 2. The summed E-state index contributed by atoms with van der Waals surface area (Å²) in [6.07, 6.45) is 8.04. The van der Waals surface area contributed by atoms with Crippen molar-refractivity contribution in [2.75, 3.05) is 11.9 Å². The first-order valence-corrected chi connectivity index (χ1v) is 9.65. The van der Waals surface area contributed by atoms with Crippen molar-refractivity contribution in [3.63, 3.8) is 0 Å². The Morgan fingerprint density at radius 2 is 1.72 bits per heavy atom. The van der Waals surface area contributed by atoms with E-state index in [9.17, 15) is 9.59 Å². The summed E-state index contributed by atoms with van der Waals surface area (Å²) in [5.41, 5.74) is 2.91. The maximum atomic E-state index is 12.3. The second-order valence-electron chi connectivity index (χ2n) is 7.39. The van der Waals surface area contributed by atoms with E-state index in [1.807, 2.05) is 32.0 Å². The fraction of sp³-hybridized carbons (Fsp3) is 0.619. The van der Waals surface area contributed by atoms with E-state index in [4.69, 9.17) is 0 Å². The van der Waals surface area contributed by atoms with Gasteiger partial charge in [-0.1, -0.05) is 44.4 Å². The number of anilines is 1. The molecule has 1 saturated carbocycles. The lowest BCUT2D eigenvalue weighted by molar-refractivity contribution is -0.128. The zero-order chi connectivity index (χ0) is 18.2. The van der Waals surface area contributed by atoms with Crippen molar-refractivity contribution in [3.8, 4) is 0 Å². The summed E-state index contributed by atoms with van der Waals surface area (Å²) in [6, 6.07) is 5.91. The number of hydrogen-bond donors (Lipinski definition) is 2. The first-order valence-electron chi connectivity index (χ1n) is 9.65. The lowest BCUT2D eigenvalue weighted by atomic mass is 9.79. The van der Waals surface area contributed by atoms with Crippen molar-refractivity contribution >= 4 is 17.5 Å². The van der Waals surface area contributed by atoms with Gasteiger partial charge >= 0.3 is 0 Å². The van der Waals surface area contributed by atoms with Gasteiger partial charge in [0.25, 0.3) is 0 Å². The molecule has 0 unspecified atom stereocenters. The van der Waals surface area contributed by atoms with Crippen molar-refractivity contribution < 1.29 is 9.59 Å². The van der Waals surface area contributed by atoms with Gasteiger partial charge < -0.3 is 10.6 Å². The van der Waals surface area contributed by atoms with E-state index in [1.54, 1.807) is 0 Å². The van der Waals surface area contributed by atoms with Crippen LogP contribution in [0.25, 0.3) is 0 Å². The molecule has 0 atom stereocenters. The minimum atomic E-state index is -0.164. The average molecular weight is 344 g/mol. The molecule has 0 aliphatic heterocycles. The van der Waals surface area contributed by atoms with E-state index in [0.717, 1.165) is 48.4 Å². The standard InChI is InChI=1S/C21H32N2O2/c1-4-5-9-17-10-12-18(13-11-17)21(25)22-14-19(24)23-20-15(2)7-6-8-16(20)3/h6-8,17-18H,4-5,9-14H2,1-3H3,(H,22,25)(H,23,24). The number of rotatable bonds is 7. The zero-order valence-electron chi connectivity index (χ0n) is 15.9. The van der Waals surface area contributed by atoms with Crippen LogP contribution in [0.15, 0.2) is 18.2 Å². The van der Waals surface area contributed by atoms with Crippen molar-refractivity contribution in [2.24, 2.45) is 11.8 Å². The van der Waals surface area contributed by atoms with Gasteiger partial charge in [0.15, 0.2) is 0 Å². The largest absolute Gasteiger partial charge is 0.347 e. The Labute approximate surface area is 151 Å². The molecule has 1 aliphatic carbocycles. The molecule has 1 aliphatic rings. The molecule has 1 aromatic carbocycles. The molecule has 2 N–H and O–H groups in total. The third-order valence-corrected chi connectivity index (χ3v) is 5.35. The van der Waals surface area contributed by atoms with Gasteiger partial charge in [0.2, 0.25) is 11.8 Å². The molecule has 2 rings (SSSR count). The number of aryl methyl sites for hydroxylation is 2. The van der Waals surface area contributed by atoms with E-state index in [1.165, 1.54) is 19.3 Å². The fourth-order valence-corrected chi connectivity index (χ4v) is 3.71. The number of carbonyl (C=O) groups excluding carboxylic acids is 2. The summed E-state index contributed by atoms with van der Waals surface area (Å²) in [4.78, 5) is 24.5. The van der Waals surface area contributed by atoms with Crippen LogP contribution in [-0.2, 0) is 9.59 Å². The van der Waals surface area contributed by atoms with Gasteiger partial charge in [-0.3, -0.25) is 9.59 Å². The molecule has 2 amide bonds. The zero-order valence-corrected chi connectivity index (χ0v) is 15.9. The van der Waals surface area contributed by atoms with E-state index in [-0.39, 0.29) is 24.3 Å². The minimum absolute atomic E-state index is 0.0330. The van der Waals surface area contributed by atoms with Crippen molar-refractivity contribution in [1.29, 1.82) is 0 Å². The van der Waals surface area contributed by atoms with Gasteiger partial charge in [-0.25, -0.2) is 0 Å². The smallest absolute Gasteiger partial charge is 0.243 e. The molecule has 0 aromatic heterocycles. The quantitative estimate of drug-likeness (QED) is 0.772. The first-order chi connectivity index (χ1) is 12.0. The van der Waals surface area contributed by atoms with Crippen molar-refractivity contribution in [1.82, 2.24) is 5.32 Å². The van der Waals surface area contributed by atoms with E-state index >= 15 is 0 Å². The summed E-state index contributed by atoms with van der Waals surface area (Å²) in [7, 11) is 0. The molecule has 25 heavy (non-hydrogen) atoms. The van der Waals surface area contributed by atoms with Crippen LogP contribution in [0.1, 0.15) is 63.0 Å². The van der Waals surface area contributed by atoms with Gasteiger partial charge in [0.05, 0.1) is 6.54 Å². The third kappa shape index (κ3) is 5.87. The highest BCUT2D eigenvalue weighted by atomic mass is 16.2. The van der Waals surface area contributed by atoms with Crippen LogP contribution < -0.4 is 10.6 Å². The summed E-state index contributed by atoms with van der Waals surface area (Å²) in [5, 5.41) is 5.73. The molecule has 1 fully saturated rings. The normalized spacial score (nSPS) is 20.1. The number of unbranched alkanes of at least 4 members (excludes halogenated alkanes) is 1. The van der Waals surface area contributed by atoms with Crippen LogP contribution in [0, 0.1) is 25.7 Å². The molecule has 4 nitrogen and oxygen atoms in total. The Hall–Kier alpha value is -1.84. The summed E-state index contributed by atoms with van der Waals surface area (Å²) in [6.45, 7) is 6.21. The molecule has 0 radical (unpaired) electrons. The summed E-state index contributed by atoms with van der Waals surface area (Å²) >= 11 is 0. The molecule has 0 spiro atoms. The molecule has 0 bridgehead atoms. The molecule has 1 aromatic rings. The van der Waals surface area contributed by atoms with Crippen LogP contribution >= 0.6 is 0 Å². The maximum Gasteiger partial charge on any atom is 0.243 e. The summed E-state index contributed by atoms with van der Waals surface area (Å²) in [5.74, 6) is 0.732. The van der Waals surface area contributed by atoms with Crippen LogP contribution in [0.3, 0.4) is 0 Å². The molecule has 0 saturated heterocycles. The van der Waals surface area contributed by atoms with Crippen LogP contribution in [0.4, 0.5) is 5.69 Å². The fourth-order valence-electron chi connectivity index (χ4n) is 3.71. The average Bonchev–Trinajstić information content (AvgIpc) is 2.61. The topological polar surface area (TPSA) is 58.2 Å². The van der Waals surface area contributed by atoms with Crippen LogP contribution in [-0.4, -0.2) is 18.4 Å². The van der Waals surface area contributed by atoms with Crippen molar-refractivity contribution in [3.05, 3.63) is 29.3 Å². The molecule has 4 heteroatoms. The first kappa shape index (κ1) is 19.5. The predicted octanol–water partition coefficient (Wildman–Crippen LogP) is 4.35. The Morgan fingerprint density at radius 3 is 2.32 bits per heavy atom. The SMILES string of the molecule is CCCCC1CCC(C(=O)NCC(=O)Nc2c(C)cccc2C)CC1. The molecule has 138 valence electrons. The van der Waals surface area contributed by atoms with E-state index in [0.29, 0.717) is 0 Å². The highest BCUT2D eigenvalue weighted by molar-refractivity contribution is 5.96. The summed E-state index contributed by atoms with van der Waals surface area (Å²) < 4.78 is 0. The highest BCUT2D eigenvalue weighted by Crippen LogP contribution is 2.31. The number of para-hydroxylation sites is 1. The second kappa shape index (κ2) is 9.59. The lowest BCUT2D eigenvalue weighted by Crippen LogP contribution is -2.38. The monoisotopic (exact) mass is 344 g/mol. The van der Waals surface area contributed by atoms with E-state index in [2.05, 4.69) is 17.6 Å². The van der Waals surface area contributed by atoms with Gasteiger partial charge in [-0.05, 0) is 56.6 Å². The van der Waals surface area contributed by atoms with Gasteiger partial charge in [0.1, 0.15) is 0 Å². The predicted molar refractivity (Wildman–Crippen MR) is 103 cm³/mol. The second-order valence-corrected chi connectivity index (χ2v) is 7.39. The minimum Gasteiger partial charge on any atom is -0.347 e. The van der Waals surface area contributed by atoms with E-state index < -0.39 is 0 Å². The number of benzene rings is 1. The number of carbonyl (C=O) groups is 2. The van der Waals surface area contributed by atoms with Gasteiger partial charge in [0, 0.05) is 11.6 Å². The Kier molecular flexibility index (Phi) is 7.48. The molecular formula is C21H32N2O2. The number of amides is 2. The van der Waals surface area contributed by atoms with Crippen LogP contribution in [0.5, 0.6) is 0 Å². The van der Waals surface area contributed by atoms with Crippen molar-refractivity contribution in [2.45, 2.75) is 65.7 Å².